The third-order valence-corrected chi connectivity index (χ3v) is 2.44. The number of rotatable bonds is 0. The Balaban J connectivity index is 2.44. The first-order chi connectivity index (χ1) is 4.10. The smallest absolute Gasteiger partial charge is 0.367 e. The summed E-state index contributed by atoms with van der Waals surface area (Å²) in [6, 6.07) is 0. The van der Waals surface area contributed by atoms with E-state index in [1.54, 1.807) is 0 Å². The Morgan fingerprint density at radius 2 is 2.33 bits per heavy atom. The summed E-state index contributed by atoms with van der Waals surface area (Å²) in [6.45, 7) is 4.75. The minimum atomic E-state index is -0.130. The molecular formula is C6H10O2S. The molecule has 3 heteroatoms. The van der Waals surface area contributed by atoms with Crippen LogP contribution in [0.4, 0.5) is 4.79 Å². The number of ether oxygens (including phenoxy) is 1. The van der Waals surface area contributed by atoms with Gasteiger partial charge < -0.3 is 4.74 Å². The maximum atomic E-state index is 10.5. The molecule has 0 amide bonds. The van der Waals surface area contributed by atoms with Gasteiger partial charge in [0.25, 0.3) is 0 Å². The van der Waals surface area contributed by atoms with Crippen molar-refractivity contribution in [2.75, 3.05) is 12.4 Å². The Labute approximate surface area is 59.0 Å². The van der Waals surface area contributed by atoms with Crippen LogP contribution in [0, 0.1) is 5.41 Å². The lowest BCUT2D eigenvalue weighted by Gasteiger charge is -2.27. The minimum Gasteiger partial charge on any atom is -0.457 e. The normalized spacial score (nSPS) is 25.3. The molecule has 1 fully saturated rings. The summed E-state index contributed by atoms with van der Waals surface area (Å²) in [5.41, 5.74) is 0.179. The van der Waals surface area contributed by atoms with Gasteiger partial charge in [0, 0.05) is 11.2 Å². The Bertz CT molecular complexity index is 119. The average molecular weight is 146 g/mol. The van der Waals surface area contributed by atoms with Crippen molar-refractivity contribution in [1.82, 2.24) is 0 Å². The van der Waals surface area contributed by atoms with Crippen molar-refractivity contribution in [1.29, 1.82) is 0 Å². The highest BCUT2D eigenvalue weighted by Gasteiger charge is 2.26. The molecule has 0 N–H and O–H groups in total. The Morgan fingerprint density at radius 3 is 2.67 bits per heavy atom. The van der Waals surface area contributed by atoms with E-state index in [2.05, 4.69) is 13.8 Å². The Hall–Kier alpha value is -0.180. The van der Waals surface area contributed by atoms with Gasteiger partial charge in [0.05, 0.1) is 6.61 Å². The lowest BCUT2D eigenvalue weighted by atomic mass is 9.98. The molecule has 0 radical (unpaired) electrons. The average Bonchev–Trinajstić information content (AvgIpc) is 1.78. The van der Waals surface area contributed by atoms with Gasteiger partial charge in [-0.1, -0.05) is 13.8 Å². The fourth-order valence-corrected chi connectivity index (χ4v) is 1.33. The summed E-state index contributed by atoms with van der Waals surface area (Å²) in [7, 11) is 0. The highest BCUT2D eigenvalue weighted by molar-refractivity contribution is 8.13. The van der Waals surface area contributed by atoms with Crippen molar-refractivity contribution >= 4 is 17.1 Å². The SMILES string of the molecule is CC1(C)COC(=O)SC1. The van der Waals surface area contributed by atoms with Gasteiger partial charge in [0.15, 0.2) is 0 Å². The molecule has 2 nitrogen and oxygen atoms in total. The third kappa shape index (κ3) is 1.90. The molecule has 1 aliphatic heterocycles. The number of hydrogen-bond donors (Lipinski definition) is 0. The molecule has 1 rings (SSSR count). The van der Waals surface area contributed by atoms with Gasteiger partial charge in [-0.3, -0.25) is 0 Å². The largest absolute Gasteiger partial charge is 0.457 e. The summed E-state index contributed by atoms with van der Waals surface area (Å²) >= 11 is 1.26. The van der Waals surface area contributed by atoms with Crippen molar-refractivity contribution in [3.05, 3.63) is 0 Å². The van der Waals surface area contributed by atoms with E-state index < -0.39 is 0 Å². The standard InChI is InChI=1S/C6H10O2S/c1-6(2)3-8-5(7)9-4-6/h3-4H2,1-2H3. The van der Waals surface area contributed by atoms with E-state index in [0.29, 0.717) is 6.61 Å². The van der Waals surface area contributed by atoms with Crippen molar-refractivity contribution in [3.8, 4) is 0 Å². The van der Waals surface area contributed by atoms with Gasteiger partial charge in [-0.15, -0.1) is 0 Å². The van der Waals surface area contributed by atoms with Gasteiger partial charge >= 0.3 is 5.30 Å². The first-order valence-electron chi connectivity index (χ1n) is 2.90. The van der Waals surface area contributed by atoms with E-state index in [9.17, 15) is 4.79 Å². The number of hydrogen-bond acceptors (Lipinski definition) is 3. The van der Waals surface area contributed by atoms with Crippen molar-refractivity contribution in [2.45, 2.75) is 13.8 Å². The molecule has 1 heterocycles. The second-order valence-electron chi connectivity index (χ2n) is 2.99. The third-order valence-electron chi connectivity index (χ3n) is 1.16. The lowest BCUT2D eigenvalue weighted by Crippen LogP contribution is -2.28. The Kier molecular flexibility index (Phi) is 1.70. The monoisotopic (exact) mass is 146 g/mol. The molecule has 0 atom stereocenters. The van der Waals surface area contributed by atoms with Gasteiger partial charge in [0.1, 0.15) is 0 Å². The minimum absolute atomic E-state index is 0.130. The van der Waals surface area contributed by atoms with Crippen LogP contribution in [0.15, 0.2) is 0 Å². The molecule has 0 aliphatic carbocycles. The number of carbonyl (C=O) groups is 1. The van der Waals surface area contributed by atoms with Crippen molar-refractivity contribution < 1.29 is 9.53 Å². The molecule has 0 unspecified atom stereocenters. The zero-order valence-corrected chi connectivity index (χ0v) is 6.46. The highest BCUT2D eigenvalue weighted by Crippen LogP contribution is 2.28. The molecule has 1 aliphatic rings. The maximum absolute atomic E-state index is 10.5. The predicted octanol–water partition coefficient (Wildman–Crippen LogP) is 1.90. The van der Waals surface area contributed by atoms with E-state index in [0.717, 1.165) is 5.75 Å². The van der Waals surface area contributed by atoms with Crippen LogP contribution in [0.25, 0.3) is 0 Å². The van der Waals surface area contributed by atoms with E-state index in [4.69, 9.17) is 4.74 Å². The summed E-state index contributed by atoms with van der Waals surface area (Å²) in [5, 5.41) is -0.130. The quantitative estimate of drug-likeness (QED) is 0.488. The molecule has 0 aromatic heterocycles. The van der Waals surface area contributed by atoms with Crippen molar-refractivity contribution in [3.63, 3.8) is 0 Å². The summed E-state index contributed by atoms with van der Waals surface area (Å²) in [4.78, 5) is 10.5. The fourth-order valence-electron chi connectivity index (χ4n) is 0.592. The zero-order valence-electron chi connectivity index (χ0n) is 5.64. The molecule has 9 heavy (non-hydrogen) atoms. The summed E-state index contributed by atoms with van der Waals surface area (Å²) in [5.74, 6) is 0.881. The fraction of sp³-hybridized carbons (Fsp3) is 0.833. The maximum Gasteiger partial charge on any atom is 0.367 e. The molecule has 0 bridgehead atoms. The lowest BCUT2D eigenvalue weighted by molar-refractivity contribution is 0.124. The van der Waals surface area contributed by atoms with Crippen LogP contribution in [0.2, 0.25) is 0 Å². The molecule has 0 spiro atoms. The highest BCUT2D eigenvalue weighted by atomic mass is 32.2. The van der Waals surface area contributed by atoms with Crippen LogP contribution in [-0.2, 0) is 4.74 Å². The van der Waals surface area contributed by atoms with Crippen molar-refractivity contribution in [2.24, 2.45) is 5.41 Å². The van der Waals surface area contributed by atoms with E-state index in [1.807, 2.05) is 0 Å². The van der Waals surface area contributed by atoms with Gasteiger partial charge in [-0.2, -0.15) is 0 Å². The van der Waals surface area contributed by atoms with E-state index >= 15 is 0 Å². The number of cyclic esters (lactones) is 1. The number of thioether (sulfide) groups is 1. The van der Waals surface area contributed by atoms with E-state index in [-0.39, 0.29) is 10.7 Å². The first kappa shape index (κ1) is 6.93. The van der Waals surface area contributed by atoms with Crippen LogP contribution < -0.4 is 0 Å². The van der Waals surface area contributed by atoms with Crippen LogP contribution in [-0.4, -0.2) is 17.7 Å². The second kappa shape index (κ2) is 2.21. The van der Waals surface area contributed by atoms with E-state index in [1.165, 1.54) is 11.8 Å². The number of carbonyl (C=O) groups excluding carboxylic acids is 1. The zero-order chi connectivity index (χ0) is 6.91. The van der Waals surface area contributed by atoms with Gasteiger partial charge in [-0.05, 0) is 11.8 Å². The Morgan fingerprint density at radius 1 is 1.67 bits per heavy atom. The second-order valence-corrected chi connectivity index (χ2v) is 3.90. The molecule has 1 saturated heterocycles. The van der Waals surface area contributed by atoms with Crippen LogP contribution >= 0.6 is 11.8 Å². The first-order valence-corrected chi connectivity index (χ1v) is 3.88. The van der Waals surface area contributed by atoms with Crippen LogP contribution in [0.3, 0.4) is 0 Å². The van der Waals surface area contributed by atoms with Crippen LogP contribution in [0.1, 0.15) is 13.8 Å². The topological polar surface area (TPSA) is 26.3 Å². The van der Waals surface area contributed by atoms with Gasteiger partial charge in [0.2, 0.25) is 0 Å². The van der Waals surface area contributed by atoms with Gasteiger partial charge in [-0.25, -0.2) is 4.79 Å². The summed E-state index contributed by atoms with van der Waals surface area (Å²) < 4.78 is 4.82. The molecule has 52 valence electrons. The van der Waals surface area contributed by atoms with Crippen LogP contribution in [0.5, 0.6) is 0 Å². The molecule has 0 aromatic rings. The predicted molar refractivity (Wildman–Crippen MR) is 37.6 cm³/mol. The summed E-state index contributed by atoms with van der Waals surface area (Å²) in [6.07, 6.45) is 0. The molecule has 0 aromatic carbocycles. The molecular weight excluding hydrogens is 136 g/mol. The molecule has 0 saturated carbocycles.